The zero-order valence-electron chi connectivity index (χ0n) is 14.4. The number of hydrogen-bond donors (Lipinski definition) is 2. The molecule has 2 N–H and O–H groups in total. The molecule has 0 unspecified atom stereocenters. The topological polar surface area (TPSA) is 66.9 Å². The number of rotatable bonds is 6. The van der Waals surface area contributed by atoms with Crippen LogP contribution in [-0.2, 0) is 6.42 Å². The number of amides is 1. The fourth-order valence-electron chi connectivity index (χ4n) is 2.35. The van der Waals surface area contributed by atoms with E-state index >= 15 is 0 Å². The molecule has 0 saturated carbocycles. The molecule has 0 radical (unpaired) electrons. The molecular formula is C20H19ClN4O. The summed E-state index contributed by atoms with van der Waals surface area (Å²) in [4.78, 5) is 20.6. The van der Waals surface area contributed by atoms with Gasteiger partial charge in [-0.25, -0.2) is 9.97 Å². The molecule has 1 heterocycles. The van der Waals surface area contributed by atoms with E-state index in [2.05, 4.69) is 20.6 Å². The molecule has 0 bridgehead atoms. The Labute approximate surface area is 157 Å². The summed E-state index contributed by atoms with van der Waals surface area (Å²) < 4.78 is 0. The predicted octanol–water partition coefficient (Wildman–Crippen LogP) is 4.35. The van der Waals surface area contributed by atoms with Gasteiger partial charge in [0, 0.05) is 29.6 Å². The molecule has 2 aromatic carbocycles. The first-order valence-corrected chi connectivity index (χ1v) is 8.66. The van der Waals surface area contributed by atoms with Gasteiger partial charge in [0.25, 0.3) is 5.91 Å². The molecule has 0 aliphatic carbocycles. The zero-order valence-corrected chi connectivity index (χ0v) is 15.1. The van der Waals surface area contributed by atoms with Gasteiger partial charge in [0.15, 0.2) is 0 Å². The summed E-state index contributed by atoms with van der Waals surface area (Å²) in [6.07, 6.45) is 3.86. The lowest BCUT2D eigenvalue weighted by molar-refractivity contribution is 0.102. The molecule has 0 aliphatic heterocycles. The molecular weight excluding hydrogens is 348 g/mol. The minimum Gasteiger partial charge on any atom is -0.354 e. The summed E-state index contributed by atoms with van der Waals surface area (Å²) in [5.41, 5.74) is 3.47. The first kappa shape index (κ1) is 17.9. The lowest BCUT2D eigenvalue weighted by atomic mass is 10.1. The summed E-state index contributed by atoms with van der Waals surface area (Å²) in [5, 5.41) is 6.69. The minimum atomic E-state index is -0.235. The van der Waals surface area contributed by atoms with E-state index in [0.717, 1.165) is 22.7 Å². The number of carbonyl (C=O) groups excluding carboxylic acids is 1. The van der Waals surface area contributed by atoms with Crippen molar-refractivity contribution in [2.75, 3.05) is 17.2 Å². The van der Waals surface area contributed by atoms with Gasteiger partial charge in [-0.2, -0.15) is 0 Å². The summed E-state index contributed by atoms with van der Waals surface area (Å²) >= 11 is 5.87. The number of anilines is 2. The first-order valence-electron chi connectivity index (χ1n) is 8.28. The average molecular weight is 367 g/mol. The van der Waals surface area contributed by atoms with Crippen LogP contribution in [0.15, 0.2) is 60.9 Å². The molecule has 6 heteroatoms. The smallest absolute Gasteiger partial charge is 0.258 e. The van der Waals surface area contributed by atoms with Crippen LogP contribution < -0.4 is 10.6 Å². The van der Waals surface area contributed by atoms with Crippen LogP contribution in [0.3, 0.4) is 0 Å². The molecule has 26 heavy (non-hydrogen) atoms. The van der Waals surface area contributed by atoms with E-state index in [4.69, 9.17) is 11.6 Å². The Morgan fingerprint density at radius 2 is 1.65 bits per heavy atom. The van der Waals surface area contributed by atoms with Gasteiger partial charge in [-0.3, -0.25) is 4.79 Å². The van der Waals surface area contributed by atoms with Gasteiger partial charge in [0.2, 0.25) is 5.95 Å². The van der Waals surface area contributed by atoms with E-state index in [9.17, 15) is 4.79 Å². The van der Waals surface area contributed by atoms with Crippen LogP contribution in [-0.4, -0.2) is 22.4 Å². The second kappa shape index (κ2) is 8.45. The van der Waals surface area contributed by atoms with Crippen molar-refractivity contribution in [1.29, 1.82) is 0 Å². The summed E-state index contributed by atoms with van der Waals surface area (Å²) in [7, 11) is 0. The summed E-state index contributed by atoms with van der Waals surface area (Å²) in [6, 6.07) is 15.3. The Bertz CT molecular complexity index is 862. The van der Waals surface area contributed by atoms with Crippen LogP contribution in [0.25, 0.3) is 0 Å². The van der Waals surface area contributed by atoms with E-state index in [1.807, 2.05) is 55.5 Å². The third-order valence-corrected chi connectivity index (χ3v) is 4.09. The normalized spacial score (nSPS) is 10.4. The quantitative estimate of drug-likeness (QED) is 0.680. The molecule has 1 aromatic heterocycles. The third kappa shape index (κ3) is 5.04. The van der Waals surface area contributed by atoms with Gasteiger partial charge in [0.05, 0.1) is 5.56 Å². The number of hydrogen-bond acceptors (Lipinski definition) is 4. The van der Waals surface area contributed by atoms with E-state index in [1.165, 1.54) is 18.0 Å². The first-order chi connectivity index (χ1) is 12.6. The van der Waals surface area contributed by atoms with Crippen LogP contribution in [0, 0.1) is 6.92 Å². The fourth-order valence-corrected chi connectivity index (χ4v) is 2.47. The van der Waals surface area contributed by atoms with Gasteiger partial charge in [-0.15, -0.1) is 0 Å². The Morgan fingerprint density at radius 3 is 2.31 bits per heavy atom. The van der Waals surface area contributed by atoms with Gasteiger partial charge in [-0.05, 0) is 43.2 Å². The molecule has 5 nitrogen and oxygen atoms in total. The standard InChI is InChI=1S/C20H19ClN4O/c1-14-2-8-18(9-3-14)25-19(26)16-12-23-20(24-13-16)22-11-10-15-4-6-17(21)7-5-15/h2-9,12-13H,10-11H2,1H3,(H,25,26)(H,22,23,24). The van der Waals surface area contributed by atoms with Crippen molar-refractivity contribution in [2.24, 2.45) is 0 Å². The number of nitrogens with zero attached hydrogens (tertiary/aromatic N) is 2. The van der Waals surface area contributed by atoms with E-state index in [0.29, 0.717) is 18.1 Å². The highest BCUT2D eigenvalue weighted by atomic mass is 35.5. The summed E-state index contributed by atoms with van der Waals surface area (Å²) in [6.45, 7) is 2.69. The number of halogens is 1. The maximum absolute atomic E-state index is 12.2. The van der Waals surface area contributed by atoms with Crippen LogP contribution in [0.4, 0.5) is 11.6 Å². The van der Waals surface area contributed by atoms with Crippen molar-refractivity contribution >= 4 is 29.1 Å². The molecule has 0 aliphatic rings. The molecule has 0 atom stereocenters. The Balaban J connectivity index is 1.51. The Morgan fingerprint density at radius 1 is 1.00 bits per heavy atom. The monoisotopic (exact) mass is 366 g/mol. The Kier molecular flexibility index (Phi) is 5.81. The van der Waals surface area contributed by atoms with Gasteiger partial charge in [0.1, 0.15) is 0 Å². The van der Waals surface area contributed by atoms with Crippen LogP contribution in [0.2, 0.25) is 5.02 Å². The highest BCUT2D eigenvalue weighted by Crippen LogP contribution is 2.12. The van der Waals surface area contributed by atoms with Crippen LogP contribution in [0.1, 0.15) is 21.5 Å². The minimum absolute atomic E-state index is 0.235. The third-order valence-electron chi connectivity index (χ3n) is 3.83. The van der Waals surface area contributed by atoms with Crippen LogP contribution >= 0.6 is 11.6 Å². The molecule has 0 fully saturated rings. The highest BCUT2D eigenvalue weighted by molar-refractivity contribution is 6.30. The maximum Gasteiger partial charge on any atom is 0.258 e. The number of aromatic nitrogens is 2. The van der Waals surface area contributed by atoms with E-state index in [-0.39, 0.29) is 5.91 Å². The SMILES string of the molecule is Cc1ccc(NC(=O)c2cnc(NCCc3ccc(Cl)cc3)nc2)cc1. The van der Waals surface area contributed by atoms with Gasteiger partial charge < -0.3 is 10.6 Å². The van der Waals surface area contributed by atoms with Crippen LogP contribution in [0.5, 0.6) is 0 Å². The number of nitrogens with one attached hydrogen (secondary N) is 2. The summed E-state index contributed by atoms with van der Waals surface area (Å²) in [5.74, 6) is 0.257. The highest BCUT2D eigenvalue weighted by Gasteiger charge is 2.07. The molecule has 132 valence electrons. The van der Waals surface area contributed by atoms with Crippen molar-refractivity contribution < 1.29 is 4.79 Å². The molecule has 0 saturated heterocycles. The fraction of sp³-hybridized carbons (Fsp3) is 0.150. The number of aryl methyl sites for hydroxylation is 1. The molecule has 1 amide bonds. The Hall–Kier alpha value is -2.92. The second-order valence-corrected chi connectivity index (χ2v) is 6.36. The molecule has 3 rings (SSSR count). The average Bonchev–Trinajstić information content (AvgIpc) is 2.66. The largest absolute Gasteiger partial charge is 0.354 e. The van der Waals surface area contributed by atoms with E-state index in [1.54, 1.807) is 0 Å². The van der Waals surface area contributed by atoms with Crippen molar-refractivity contribution in [2.45, 2.75) is 13.3 Å². The lowest BCUT2D eigenvalue weighted by Crippen LogP contribution is -2.14. The molecule has 0 spiro atoms. The number of benzene rings is 2. The predicted molar refractivity (Wildman–Crippen MR) is 105 cm³/mol. The van der Waals surface area contributed by atoms with Crippen molar-refractivity contribution in [1.82, 2.24) is 9.97 Å². The van der Waals surface area contributed by atoms with Gasteiger partial charge >= 0.3 is 0 Å². The number of carbonyl (C=O) groups is 1. The molecule has 3 aromatic rings. The van der Waals surface area contributed by atoms with Gasteiger partial charge in [-0.1, -0.05) is 41.4 Å². The van der Waals surface area contributed by atoms with Crippen molar-refractivity contribution in [3.63, 3.8) is 0 Å². The second-order valence-electron chi connectivity index (χ2n) is 5.92. The van der Waals surface area contributed by atoms with E-state index < -0.39 is 0 Å². The van der Waals surface area contributed by atoms with Crippen molar-refractivity contribution in [3.05, 3.63) is 82.6 Å². The lowest BCUT2D eigenvalue weighted by Gasteiger charge is -2.07. The van der Waals surface area contributed by atoms with Crippen molar-refractivity contribution in [3.8, 4) is 0 Å². The zero-order chi connectivity index (χ0) is 18.4. The maximum atomic E-state index is 12.2.